The van der Waals surface area contributed by atoms with E-state index in [1.165, 1.54) is 0 Å². The van der Waals surface area contributed by atoms with Gasteiger partial charge in [-0.25, -0.2) is 16.8 Å². The van der Waals surface area contributed by atoms with Gasteiger partial charge in [0.1, 0.15) is 0 Å². The van der Waals surface area contributed by atoms with Gasteiger partial charge >= 0.3 is 0 Å². The van der Waals surface area contributed by atoms with E-state index in [1.54, 1.807) is 0 Å². The molecular weight excluding hydrogens is 260 g/mol. The summed E-state index contributed by atoms with van der Waals surface area (Å²) in [6.07, 6.45) is -0.454. The second-order valence-corrected chi connectivity index (χ2v) is 7.79. The maximum Gasteiger partial charge on any atom is 0.179 e. The summed E-state index contributed by atoms with van der Waals surface area (Å²) in [6.45, 7) is -1.16. The highest BCUT2D eigenvalue weighted by Crippen LogP contribution is 2.06. The monoisotopic (exact) mass is 276 g/mol. The van der Waals surface area contributed by atoms with E-state index in [-0.39, 0.29) is 0 Å². The van der Waals surface area contributed by atoms with Crippen molar-refractivity contribution in [3.8, 4) is 0 Å². The molecule has 0 radical (unpaired) electrons. The van der Waals surface area contributed by atoms with E-state index in [2.05, 4.69) is 0 Å². The zero-order chi connectivity index (χ0) is 12.8. The van der Waals surface area contributed by atoms with Crippen molar-refractivity contribution < 1.29 is 32.2 Å². The van der Waals surface area contributed by atoms with Crippen molar-refractivity contribution in [2.45, 2.75) is 11.9 Å². The highest BCUT2D eigenvalue weighted by Gasteiger charge is 2.24. The van der Waals surface area contributed by atoms with Crippen molar-refractivity contribution in [2.75, 3.05) is 30.5 Å². The minimum Gasteiger partial charge on any atom is -0.395 e. The third kappa shape index (κ3) is 5.75. The molecule has 1 atom stereocenters. The Morgan fingerprint density at radius 3 is 1.81 bits per heavy atom. The standard InChI is InChI=1S/C7H16O7S2/c8-2-5-15(11,12)4-1-7(10)16(13,14)6-3-9/h7-10H,1-6H2/t7-/m1/s1. The van der Waals surface area contributed by atoms with Crippen LogP contribution in [-0.2, 0) is 19.7 Å². The van der Waals surface area contributed by atoms with Gasteiger partial charge in [-0.1, -0.05) is 0 Å². The molecule has 0 saturated carbocycles. The van der Waals surface area contributed by atoms with Crippen molar-refractivity contribution in [1.82, 2.24) is 0 Å². The van der Waals surface area contributed by atoms with Crippen molar-refractivity contribution >= 4 is 19.7 Å². The zero-order valence-corrected chi connectivity index (χ0v) is 10.2. The molecule has 0 bridgehead atoms. The van der Waals surface area contributed by atoms with Crippen molar-refractivity contribution in [2.24, 2.45) is 0 Å². The van der Waals surface area contributed by atoms with E-state index < -0.39 is 62.0 Å². The van der Waals surface area contributed by atoms with Crippen LogP contribution >= 0.6 is 0 Å². The van der Waals surface area contributed by atoms with Gasteiger partial charge in [0.05, 0.1) is 30.5 Å². The summed E-state index contributed by atoms with van der Waals surface area (Å²) < 4.78 is 44.5. The Labute approximate surface area is 94.6 Å². The molecule has 0 aromatic heterocycles. The first-order chi connectivity index (χ1) is 7.25. The first kappa shape index (κ1) is 15.8. The number of rotatable bonds is 8. The molecule has 0 amide bonds. The number of hydrogen-bond donors (Lipinski definition) is 3. The lowest BCUT2D eigenvalue weighted by Gasteiger charge is -2.10. The van der Waals surface area contributed by atoms with E-state index in [9.17, 15) is 21.9 Å². The second-order valence-electron chi connectivity index (χ2n) is 3.21. The lowest BCUT2D eigenvalue weighted by molar-refractivity contribution is 0.242. The summed E-state index contributed by atoms with van der Waals surface area (Å²) in [5.74, 6) is -1.58. The van der Waals surface area contributed by atoms with E-state index in [0.29, 0.717) is 0 Å². The first-order valence-corrected chi connectivity index (χ1v) is 8.10. The molecule has 0 saturated heterocycles. The molecule has 0 aliphatic rings. The van der Waals surface area contributed by atoms with Crippen molar-refractivity contribution in [1.29, 1.82) is 0 Å². The Morgan fingerprint density at radius 2 is 1.38 bits per heavy atom. The van der Waals surface area contributed by atoms with Crippen molar-refractivity contribution in [3.63, 3.8) is 0 Å². The van der Waals surface area contributed by atoms with Crippen LogP contribution in [0.15, 0.2) is 0 Å². The fourth-order valence-corrected chi connectivity index (χ4v) is 3.18. The van der Waals surface area contributed by atoms with Gasteiger partial charge in [-0.05, 0) is 0 Å². The summed E-state index contributed by atoms with van der Waals surface area (Å²) in [7, 11) is -7.41. The minimum absolute atomic E-state index is 0.454. The quantitative estimate of drug-likeness (QED) is 0.447. The Bertz CT molecular complexity index is 383. The molecule has 0 aromatic carbocycles. The average molecular weight is 276 g/mol. The van der Waals surface area contributed by atoms with E-state index in [4.69, 9.17) is 10.2 Å². The van der Waals surface area contributed by atoms with Gasteiger partial charge in [-0.3, -0.25) is 0 Å². The molecule has 0 fully saturated rings. The number of aliphatic hydroxyl groups excluding tert-OH is 3. The number of sulfone groups is 2. The molecule has 0 aliphatic heterocycles. The summed E-state index contributed by atoms with van der Waals surface area (Å²) >= 11 is 0. The van der Waals surface area contributed by atoms with Crippen LogP contribution in [0.1, 0.15) is 6.42 Å². The Balaban J connectivity index is 4.33. The van der Waals surface area contributed by atoms with Crippen LogP contribution in [-0.4, -0.2) is 68.1 Å². The molecule has 0 aliphatic carbocycles. The van der Waals surface area contributed by atoms with E-state index >= 15 is 0 Å². The van der Waals surface area contributed by atoms with Gasteiger partial charge in [-0.2, -0.15) is 0 Å². The summed E-state index contributed by atoms with van der Waals surface area (Å²) in [5, 5.41) is 26.1. The largest absolute Gasteiger partial charge is 0.395 e. The maximum absolute atomic E-state index is 11.2. The topological polar surface area (TPSA) is 129 Å². The lowest BCUT2D eigenvalue weighted by atomic mass is 10.5. The third-order valence-corrected chi connectivity index (χ3v) is 5.35. The van der Waals surface area contributed by atoms with Gasteiger partial charge in [-0.15, -0.1) is 0 Å². The molecule has 0 heterocycles. The molecular formula is C7H16O7S2. The Kier molecular flexibility index (Phi) is 6.41. The lowest BCUT2D eigenvalue weighted by Crippen LogP contribution is -2.28. The van der Waals surface area contributed by atoms with Gasteiger partial charge in [0.2, 0.25) is 0 Å². The van der Waals surface area contributed by atoms with E-state index in [1.807, 2.05) is 0 Å². The summed E-state index contributed by atoms with van der Waals surface area (Å²) in [5.41, 5.74) is -1.80. The normalized spacial score (nSPS) is 14.9. The molecule has 98 valence electrons. The predicted octanol–water partition coefficient (Wildman–Crippen LogP) is -2.49. The third-order valence-electron chi connectivity index (χ3n) is 1.87. The highest BCUT2D eigenvalue weighted by molar-refractivity contribution is 7.92. The maximum atomic E-state index is 11.2. The molecule has 3 N–H and O–H groups in total. The zero-order valence-electron chi connectivity index (χ0n) is 8.61. The van der Waals surface area contributed by atoms with Gasteiger partial charge in [0.15, 0.2) is 25.1 Å². The molecule has 16 heavy (non-hydrogen) atoms. The Hall–Kier alpha value is -0.220. The van der Waals surface area contributed by atoms with Gasteiger partial charge in [0, 0.05) is 6.42 Å². The highest BCUT2D eigenvalue weighted by atomic mass is 32.2. The van der Waals surface area contributed by atoms with Crippen LogP contribution in [0.2, 0.25) is 0 Å². The molecule has 0 spiro atoms. The van der Waals surface area contributed by atoms with Crippen molar-refractivity contribution in [3.05, 3.63) is 0 Å². The first-order valence-electron chi connectivity index (χ1n) is 4.57. The Morgan fingerprint density at radius 1 is 0.875 bits per heavy atom. The van der Waals surface area contributed by atoms with Crippen LogP contribution < -0.4 is 0 Å². The molecule has 9 heteroatoms. The fourth-order valence-electron chi connectivity index (χ4n) is 0.964. The van der Waals surface area contributed by atoms with E-state index in [0.717, 1.165) is 0 Å². The number of aliphatic hydroxyl groups is 3. The van der Waals surface area contributed by atoms with Crippen LogP contribution in [0.25, 0.3) is 0 Å². The van der Waals surface area contributed by atoms with Crippen LogP contribution in [0.4, 0.5) is 0 Å². The van der Waals surface area contributed by atoms with Gasteiger partial charge < -0.3 is 15.3 Å². The fraction of sp³-hybridized carbons (Fsp3) is 1.00. The molecule has 7 nitrogen and oxygen atoms in total. The summed E-state index contributed by atoms with van der Waals surface area (Å²) in [4.78, 5) is 0. The van der Waals surface area contributed by atoms with Gasteiger partial charge in [0.25, 0.3) is 0 Å². The minimum atomic E-state index is -3.87. The summed E-state index contributed by atoms with van der Waals surface area (Å²) in [6, 6.07) is 0. The SMILES string of the molecule is O=S(=O)(CCO)CC[C@H](O)S(=O)(=O)CCO. The van der Waals surface area contributed by atoms with Crippen LogP contribution in [0.3, 0.4) is 0 Å². The smallest absolute Gasteiger partial charge is 0.179 e. The number of hydrogen-bond acceptors (Lipinski definition) is 7. The van der Waals surface area contributed by atoms with Crippen LogP contribution in [0, 0.1) is 0 Å². The predicted molar refractivity (Wildman–Crippen MR) is 57.2 cm³/mol. The second kappa shape index (κ2) is 6.50. The molecule has 0 rings (SSSR count). The van der Waals surface area contributed by atoms with Crippen LogP contribution in [0.5, 0.6) is 0 Å². The average Bonchev–Trinajstić information content (AvgIpc) is 2.14. The molecule has 0 aromatic rings. The molecule has 0 unspecified atom stereocenters.